The number of hydrogen-bond donors (Lipinski definition) is 1. The molecule has 1 aliphatic heterocycles. The molecular formula is C12H25N3. The van der Waals surface area contributed by atoms with Crippen molar-refractivity contribution in [2.24, 2.45) is 5.73 Å². The van der Waals surface area contributed by atoms with E-state index >= 15 is 0 Å². The fourth-order valence-electron chi connectivity index (χ4n) is 3.22. The Bertz CT molecular complexity index is 207. The van der Waals surface area contributed by atoms with E-state index < -0.39 is 0 Å². The Kier molecular flexibility index (Phi) is 3.65. The van der Waals surface area contributed by atoms with Crippen molar-refractivity contribution in [1.29, 1.82) is 0 Å². The zero-order chi connectivity index (χ0) is 10.8. The molecule has 1 saturated carbocycles. The molecule has 0 aromatic rings. The molecule has 1 saturated heterocycles. The Hall–Kier alpha value is -0.120. The van der Waals surface area contributed by atoms with Crippen LogP contribution < -0.4 is 5.73 Å². The van der Waals surface area contributed by atoms with Crippen molar-refractivity contribution < 1.29 is 0 Å². The average molecular weight is 211 g/mol. The van der Waals surface area contributed by atoms with Crippen molar-refractivity contribution in [2.45, 2.75) is 51.2 Å². The molecule has 3 heteroatoms. The van der Waals surface area contributed by atoms with Gasteiger partial charge in [-0.2, -0.15) is 0 Å². The number of rotatable bonds is 2. The lowest BCUT2D eigenvalue weighted by Crippen LogP contribution is -2.57. The smallest absolute Gasteiger partial charge is 0.0248 e. The lowest BCUT2D eigenvalue weighted by Gasteiger charge is -2.43. The van der Waals surface area contributed by atoms with Gasteiger partial charge in [0.25, 0.3) is 0 Å². The molecule has 2 aliphatic rings. The van der Waals surface area contributed by atoms with E-state index in [9.17, 15) is 0 Å². The van der Waals surface area contributed by atoms with Gasteiger partial charge in [-0.3, -0.25) is 9.80 Å². The summed E-state index contributed by atoms with van der Waals surface area (Å²) in [7, 11) is 0. The van der Waals surface area contributed by atoms with Crippen LogP contribution in [0, 0.1) is 0 Å². The van der Waals surface area contributed by atoms with Crippen molar-refractivity contribution in [1.82, 2.24) is 9.80 Å². The van der Waals surface area contributed by atoms with Crippen molar-refractivity contribution in [3.63, 3.8) is 0 Å². The summed E-state index contributed by atoms with van der Waals surface area (Å²) < 4.78 is 0. The molecule has 0 aromatic carbocycles. The van der Waals surface area contributed by atoms with Crippen LogP contribution in [0.5, 0.6) is 0 Å². The summed E-state index contributed by atoms with van der Waals surface area (Å²) in [5, 5.41) is 0. The van der Waals surface area contributed by atoms with Gasteiger partial charge in [0.1, 0.15) is 0 Å². The number of likely N-dealkylation sites (N-methyl/N-ethyl adjacent to an activating group) is 1. The van der Waals surface area contributed by atoms with Crippen LogP contribution in [0.1, 0.15) is 33.1 Å². The van der Waals surface area contributed by atoms with Gasteiger partial charge in [-0.15, -0.1) is 0 Å². The van der Waals surface area contributed by atoms with Gasteiger partial charge in [-0.05, 0) is 26.3 Å². The van der Waals surface area contributed by atoms with Gasteiger partial charge < -0.3 is 5.73 Å². The second kappa shape index (κ2) is 4.81. The molecule has 0 amide bonds. The molecule has 2 N–H and O–H groups in total. The summed E-state index contributed by atoms with van der Waals surface area (Å²) in [6.07, 6.45) is 3.88. The molecule has 1 aliphatic carbocycles. The fourth-order valence-corrected chi connectivity index (χ4v) is 3.22. The molecule has 0 bridgehead atoms. The van der Waals surface area contributed by atoms with E-state index in [0.29, 0.717) is 18.1 Å². The van der Waals surface area contributed by atoms with E-state index in [1.54, 1.807) is 0 Å². The maximum Gasteiger partial charge on any atom is 0.0248 e. The van der Waals surface area contributed by atoms with E-state index in [1.165, 1.54) is 45.4 Å². The maximum atomic E-state index is 6.17. The first kappa shape index (κ1) is 11.4. The molecule has 3 unspecified atom stereocenters. The molecular weight excluding hydrogens is 186 g/mol. The largest absolute Gasteiger partial charge is 0.326 e. The van der Waals surface area contributed by atoms with Crippen molar-refractivity contribution in [3.8, 4) is 0 Å². The van der Waals surface area contributed by atoms with Crippen molar-refractivity contribution in [3.05, 3.63) is 0 Å². The fraction of sp³-hybridized carbons (Fsp3) is 1.00. The number of hydrogen-bond acceptors (Lipinski definition) is 3. The Balaban J connectivity index is 1.90. The van der Waals surface area contributed by atoms with Gasteiger partial charge >= 0.3 is 0 Å². The Morgan fingerprint density at radius 2 is 2.07 bits per heavy atom. The Morgan fingerprint density at radius 3 is 2.60 bits per heavy atom. The van der Waals surface area contributed by atoms with E-state index in [-0.39, 0.29) is 0 Å². The van der Waals surface area contributed by atoms with Crippen LogP contribution in [0.3, 0.4) is 0 Å². The third-order valence-electron chi connectivity index (χ3n) is 4.20. The van der Waals surface area contributed by atoms with Crippen molar-refractivity contribution >= 4 is 0 Å². The predicted octanol–water partition coefficient (Wildman–Crippen LogP) is 0.892. The van der Waals surface area contributed by atoms with Crippen LogP contribution >= 0.6 is 0 Å². The molecule has 2 fully saturated rings. The van der Waals surface area contributed by atoms with Crippen molar-refractivity contribution in [2.75, 3.05) is 26.2 Å². The zero-order valence-electron chi connectivity index (χ0n) is 10.2. The molecule has 0 radical (unpaired) electrons. The summed E-state index contributed by atoms with van der Waals surface area (Å²) in [5.41, 5.74) is 6.17. The maximum absolute atomic E-state index is 6.17. The van der Waals surface area contributed by atoms with Gasteiger partial charge in [-0.1, -0.05) is 13.3 Å². The molecule has 3 nitrogen and oxygen atoms in total. The predicted molar refractivity (Wildman–Crippen MR) is 63.9 cm³/mol. The third kappa shape index (κ3) is 2.35. The summed E-state index contributed by atoms with van der Waals surface area (Å²) in [4.78, 5) is 5.20. The standard InChI is InChI=1S/C12H25N3/c1-3-14-7-8-15(9-10(14)2)12-6-4-5-11(12)13/h10-12H,3-9,13H2,1-2H3. The first-order valence-electron chi connectivity index (χ1n) is 6.46. The molecule has 0 aromatic heterocycles. The van der Waals surface area contributed by atoms with Gasteiger partial charge in [0.05, 0.1) is 0 Å². The highest BCUT2D eigenvalue weighted by atomic mass is 15.3. The number of piperazine rings is 1. The summed E-state index contributed by atoms with van der Waals surface area (Å²) in [5.74, 6) is 0. The van der Waals surface area contributed by atoms with Crippen LogP contribution in [0.4, 0.5) is 0 Å². The Morgan fingerprint density at radius 1 is 1.27 bits per heavy atom. The minimum Gasteiger partial charge on any atom is -0.326 e. The quantitative estimate of drug-likeness (QED) is 0.736. The molecule has 0 spiro atoms. The molecule has 1 heterocycles. The number of nitrogens with zero attached hydrogens (tertiary/aromatic N) is 2. The monoisotopic (exact) mass is 211 g/mol. The normalized spacial score (nSPS) is 39.8. The van der Waals surface area contributed by atoms with E-state index in [2.05, 4.69) is 23.6 Å². The third-order valence-corrected chi connectivity index (χ3v) is 4.20. The first-order chi connectivity index (χ1) is 7.22. The van der Waals surface area contributed by atoms with Crippen LogP contribution in [-0.2, 0) is 0 Å². The molecule has 2 rings (SSSR count). The lowest BCUT2D eigenvalue weighted by atomic mass is 10.1. The zero-order valence-corrected chi connectivity index (χ0v) is 10.2. The highest BCUT2D eigenvalue weighted by Crippen LogP contribution is 2.24. The second-order valence-electron chi connectivity index (χ2n) is 5.13. The van der Waals surface area contributed by atoms with E-state index in [1.807, 2.05) is 0 Å². The van der Waals surface area contributed by atoms with Gasteiger partial charge in [0.15, 0.2) is 0 Å². The molecule has 88 valence electrons. The molecule has 3 atom stereocenters. The SMILES string of the molecule is CCN1CCN(C2CCCC2N)CC1C. The second-order valence-corrected chi connectivity index (χ2v) is 5.13. The highest BCUT2D eigenvalue weighted by Gasteiger charge is 2.33. The van der Waals surface area contributed by atoms with Gasteiger partial charge in [-0.25, -0.2) is 0 Å². The topological polar surface area (TPSA) is 32.5 Å². The Labute approximate surface area is 93.6 Å². The summed E-state index contributed by atoms with van der Waals surface area (Å²) in [6.45, 7) is 9.44. The van der Waals surface area contributed by atoms with Crippen LogP contribution in [0.25, 0.3) is 0 Å². The minimum atomic E-state index is 0.436. The minimum absolute atomic E-state index is 0.436. The summed E-state index contributed by atoms with van der Waals surface area (Å²) in [6, 6.07) is 1.81. The van der Waals surface area contributed by atoms with Gasteiger partial charge in [0, 0.05) is 37.8 Å². The molecule has 15 heavy (non-hydrogen) atoms. The summed E-state index contributed by atoms with van der Waals surface area (Å²) >= 11 is 0. The van der Waals surface area contributed by atoms with Crippen LogP contribution in [0.2, 0.25) is 0 Å². The average Bonchev–Trinajstić information content (AvgIpc) is 2.64. The van der Waals surface area contributed by atoms with E-state index in [4.69, 9.17) is 5.73 Å². The van der Waals surface area contributed by atoms with Crippen LogP contribution in [0.15, 0.2) is 0 Å². The number of nitrogens with two attached hydrogens (primary N) is 1. The first-order valence-corrected chi connectivity index (χ1v) is 6.46. The lowest BCUT2D eigenvalue weighted by molar-refractivity contribution is 0.0560. The van der Waals surface area contributed by atoms with E-state index in [0.717, 1.165) is 0 Å². The highest BCUT2D eigenvalue weighted by molar-refractivity contribution is 4.91. The van der Waals surface area contributed by atoms with Gasteiger partial charge in [0.2, 0.25) is 0 Å². The van der Waals surface area contributed by atoms with Crippen LogP contribution in [-0.4, -0.2) is 54.1 Å².